The van der Waals surface area contributed by atoms with Crippen LogP contribution < -0.4 is 0 Å². The average molecular weight is 292 g/mol. The summed E-state index contributed by atoms with van der Waals surface area (Å²) in [6.45, 7) is 0. The average Bonchev–Trinajstić information content (AvgIpc) is 3.10. The van der Waals surface area contributed by atoms with Gasteiger partial charge in [-0.1, -0.05) is 31.0 Å². The summed E-state index contributed by atoms with van der Waals surface area (Å²) in [6.07, 6.45) is 9.30. The fraction of sp³-hybridized carbons (Fsp3) is 0.368. The molecule has 2 aliphatic rings. The first-order chi connectivity index (χ1) is 10.8. The molecule has 0 saturated heterocycles. The molecule has 3 heteroatoms. The molecule has 1 aromatic heterocycles. The van der Waals surface area contributed by atoms with Crippen molar-refractivity contribution in [1.82, 2.24) is 9.88 Å². The van der Waals surface area contributed by atoms with E-state index >= 15 is 0 Å². The minimum Gasteiger partial charge on any atom is -0.328 e. The quantitative estimate of drug-likeness (QED) is 0.844. The molecule has 2 heterocycles. The van der Waals surface area contributed by atoms with Crippen molar-refractivity contribution in [3.05, 3.63) is 65.5 Å². The Kier molecular flexibility index (Phi) is 3.41. The van der Waals surface area contributed by atoms with Gasteiger partial charge in [-0.3, -0.25) is 9.78 Å². The number of rotatable bonds is 2. The summed E-state index contributed by atoms with van der Waals surface area (Å²) in [7, 11) is 0. The standard InChI is InChI=1S/C19H20N2O/c22-19-17-8-4-1-5-15(17)13-18(14-9-11-20-12-10-14)21(19)16-6-2-3-7-16/h1,4-5,8-12,16,18H,2-3,6-7,13H2. The Morgan fingerprint density at radius 1 is 1.00 bits per heavy atom. The molecule has 1 fully saturated rings. The van der Waals surface area contributed by atoms with Crippen molar-refractivity contribution in [3.63, 3.8) is 0 Å². The number of hydrogen-bond acceptors (Lipinski definition) is 2. The summed E-state index contributed by atoms with van der Waals surface area (Å²) in [6, 6.07) is 12.7. The van der Waals surface area contributed by atoms with Gasteiger partial charge in [-0.05, 0) is 48.6 Å². The molecule has 1 aromatic carbocycles. The second-order valence-corrected chi connectivity index (χ2v) is 6.31. The molecule has 2 aromatic rings. The lowest BCUT2D eigenvalue weighted by atomic mass is 9.88. The van der Waals surface area contributed by atoms with Crippen LogP contribution in [0.3, 0.4) is 0 Å². The van der Waals surface area contributed by atoms with Gasteiger partial charge in [0, 0.05) is 24.0 Å². The second-order valence-electron chi connectivity index (χ2n) is 6.31. The molecule has 0 radical (unpaired) electrons. The van der Waals surface area contributed by atoms with Gasteiger partial charge in [0.2, 0.25) is 0 Å². The SMILES string of the molecule is O=C1c2ccccc2CC(c2ccncc2)N1C1CCCC1. The Balaban J connectivity index is 1.79. The Morgan fingerprint density at radius 3 is 2.50 bits per heavy atom. The normalized spacial score (nSPS) is 21.9. The maximum absolute atomic E-state index is 13.1. The minimum atomic E-state index is 0.147. The molecule has 112 valence electrons. The van der Waals surface area contributed by atoms with E-state index in [1.807, 2.05) is 42.7 Å². The van der Waals surface area contributed by atoms with Gasteiger partial charge in [-0.25, -0.2) is 0 Å². The predicted octanol–water partition coefficient (Wildman–Crippen LogP) is 3.76. The first-order valence-electron chi connectivity index (χ1n) is 8.15. The highest BCUT2D eigenvalue weighted by Crippen LogP contribution is 2.38. The van der Waals surface area contributed by atoms with Gasteiger partial charge in [-0.2, -0.15) is 0 Å². The zero-order valence-corrected chi connectivity index (χ0v) is 12.6. The van der Waals surface area contributed by atoms with Crippen LogP contribution in [0.1, 0.15) is 53.2 Å². The van der Waals surface area contributed by atoms with E-state index < -0.39 is 0 Å². The van der Waals surface area contributed by atoms with E-state index in [1.54, 1.807) is 0 Å². The van der Waals surface area contributed by atoms with Crippen LogP contribution in [0.5, 0.6) is 0 Å². The van der Waals surface area contributed by atoms with Crippen LogP contribution in [0.2, 0.25) is 0 Å². The smallest absolute Gasteiger partial charge is 0.254 e. The highest BCUT2D eigenvalue weighted by atomic mass is 16.2. The lowest BCUT2D eigenvalue weighted by Crippen LogP contribution is -2.45. The lowest BCUT2D eigenvalue weighted by Gasteiger charge is -2.41. The topological polar surface area (TPSA) is 33.2 Å². The summed E-state index contributed by atoms with van der Waals surface area (Å²) in [5.41, 5.74) is 3.26. The van der Waals surface area contributed by atoms with Crippen LogP contribution in [0.25, 0.3) is 0 Å². The minimum absolute atomic E-state index is 0.147. The molecule has 1 unspecified atom stereocenters. The van der Waals surface area contributed by atoms with E-state index in [2.05, 4.69) is 16.0 Å². The molecule has 0 bridgehead atoms. The summed E-state index contributed by atoms with van der Waals surface area (Å²) < 4.78 is 0. The lowest BCUT2D eigenvalue weighted by molar-refractivity contribution is 0.0539. The van der Waals surface area contributed by atoms with Crippen LogP contribution in [0.4, 0.5) is 0 Å². The number of pyridine rings is 1. The van der Waals surface area contributed by atoms with Crippen LogP contribution in [0.15, 0.2) is 48.8 Å². The van der Waals surface area contributed by atoms with E-state index in [1.165, 1.54) is 24.0 Å². The molecular formula is C19H20N2O. The van der Waals surface area contributed by atoms with Gasteiger partial charge in [0.15, 0.2) is 0 Å². The number of amides is 1. The van der Waals surface area contributed by atoms with Crippen molar-refractivity contribution >= 4 is 5.91 Å². The number of carbonyl (C=O) groups is 1. The zero-order chi connectivity index (χ0) is 14.9. The van der Waals surface area contributed by atoms with Crippen LogP contribution in [0, 0.1) is 0 Å². The molecule has 22 heavy (non-hydrogen) atoms. The fourth-order valence-corrected chi connectivity index (χ4v) is 3.96. The van der Waals surface area contributed by atoms with E-state index in [0.717, 1.165) is 24.8 Å². The van der Waals surface area contributed by atoms with Gasteiger partial charge in [0.25, 0.3) is 5.91 Å². The van der Waals surface area contributed by atoms with Gasteiger partial charge in [0.05, 0.1) is 6.04 Å². The highest BCUT2D eigenvalue weighted by molar-refractivity contribution is 5.97. The van der Waals surface area contributed by atoms with E-state index in [4.69, 9.17) is 0 Å². The van der Waals surface area contributed by atoms with E-state index in [0.29, 0.717) is 6.04 Å². The Morgan fingerprint density at radius 2 is 1.73 bits per heavy atom. The first-order valence-corrected chi connectivity index (χ1v) is 8.15. The molecule has 1 atom stereocenters. The molecule has 4 rings (SSSR count). The predicted molar refractivity (Wildman–Crippen MR) is 85.5 cm³/mol. The second kappa shape index (κ2) is 5.56. The maximum atomic E-state index is 13.1. The highest BCUT2D eigenvalue weighted by Gasteiger charge is 2.38. The number of fused-ring (bicyclic) bond motifs is 1. The molecule has 0 spiro atoms. The number of aromatic nitrogens is 1. The monoisotopic (exact) mass is 292 g/mol. The third-order valence-electron chi connectivity index (χ3n) is 5.04. The van der Waals surface area contributed by atoms with Crippen molar-refractivity contribution in [2.45, 2.75) is 44.2 Å². The molecule has 1 amide bonds. The Labute approximate surface area is 131 Å². The van der Waals surface area contributed by atoms with Crippen LogP contribution in [-0.4, -0.2) is 21.8 Å². The molecule has 1 saturated carbocycles. The maximum Gasteiger partial charge on any atom is 0.254 e. The van der Waals surface area contributed by atoms with Crippen molar-refractivity contribution in [3.8, 4) is 0 Å². The largest absolute Gasteiger partial charge is 0.328 e. The van der Waals surface area contributed by atoms with Gasteiger partial charge < -0.3 is 4.90 Å². The summed E-state index contributed by atoms with van der Waals surface area (Å²) >= 11 is 0. The number of carbonyl (C=O) groups excluding carboxylic acids is 1. The zero-order valence-electron chi connectivity index (χ0n) is 12.6. The van der Waals surface area contributed by atoms with Crippen molar-refractivity contribution in [1.29, 1.82) is 0 Å². The Bertz CT molecular complexity index is 677. The summed E-state index contributed by atoms with van der Waals surface area (Å²) in [5, 5.41) is 0. The fourth-order valence-electron chi connectivity index (χ4n) is 3.96. The Hall–Kier alpha value is -2.16. The number of nitrogens with zero attached hydrogens (tertiary/aromatic N) is 2. The molecule has 3 nitrogen and oxygen atoms in total. The number of benzene rings is 1. The molecule has 0 N–H and O–H groups in total. The molecule has 1 aliphatic heterocycles. The molecule has 1 aliphatic carbocycles. The van der Waals surface area contributed by atoms with E-state index in [-0.39, 0.29) is 11.9 Å². The third-order valence-corrected chi connectivity index (χ3v) is 5.04. The number of hydrogen-bond donors (Lipinski definition) is 0. The van der Waals surface area contributed by atoms with Crippen molar-refractivity contribution < 1.29 is 4.79 Å². The summed E-state index contributed by atoms with van der Waals surface area (Å²) in [4.78, 5) is 19.4. The van der Waals surface area contributed by atoms with Gasteiger partial charge >= 0.3 is 0 Å². The van der Waals surface area contributed by atoms with Crippen molar-refractivity contribution in [2.24, 2.45) is 0 Å². The third kappa shape index (κ3) is 2.21. The van der Waals surface area contributed by atoms with Crippen LogP contribution in [-0.2, 0) is 6.42 Å². The summed E-state index contributed by atoms with van der Waals surface area (Å²) in [5.74, 6) is 0.204. The van der Waals surface area contributed by atoms with Gasteiger partial charge in [-0.15, -0.1) is 0 Å². The van der Waals surface area contributed by atoms with Crippen molar-refractivity contribution in [2.75, 3.05) is 0 Å². The van der Waals surface area contributed by atoms with E-state index in [9.17, 15) is 4.79 Å². The first kappa shape index (κ1) is 13.5. The molecular weight excluding hydrogens is 272 g/mol. The van der Waals surface area contributed by atoms with Crippen LogP contribution >= 0.6 is 0 Å². The van der Waals surface area contributed by atoms with Gasteiger partial charge in [0.1, 0.15) is 0 Å².